The van der Waals surface area contributed by atoms with Gasteiger partial charge in [0.1, 0.15) is 0 Å². The molecule has 0 radical (unpaired) electrons. The lowest BCUT2D eigenvalue weighted by atomic mass is 9.76. The van der Waals surface area contributed by atoms with Gasteiger partial charge in [-0.2, -0.15) is 0 Å². The largest absolute Gasteiger partial charge is 0.351 e. The van der Waals surface area contributed by atoms with Crippen LogP contribution in [0.4, 0.5) is 0 Å². The third kappa shape index (κ3) is 3.52. The van der Waals surface area contributed by atoms with Crippen LogP contribution in [0.2, 0.25) is 0 Å². The van der Waals surface area contributed by atoms with Crippen molar-refractivity contribution >= 4 is 18.5 Å². The highest BCUT2D eigenvalue weighted by Gasteiger charge is 2.27. The van der Waals surface area contributed by atoms with Gasteiger partial charge < -0.3 is 5.32 Å². The summed E-state index contributed by atoms with van der Waals surface area (Å²) in [6.45, 7) is 3.07. The summed E-state index contributed by atoms with van der Waals surface area (Å²) >= 11 is 4.22. The molecular formula is C15H21NOS. The summed E-state index contributed by atoms with van der Waals surface area (Å²) < 4.78 is 0. The molecule has 1 aliphatic rings. The molecule has 0 atom stereocenters. The first-order valence-corrected chi connectivity index (χ1v) is 7.11. The summed E-state index contributed by atoms with van der Waals surface area (Å²) in [5.74, 6) is 0.0233. The Hall–Kier alpha value is -0.960. The first-order valence-electron chi connectivity index (χ1n) is 6.66. The zero-order valence-corrected chi connectivity index (χ0v) is 11.8. The van der Waals surface area contributed by atoms with E-state index in [0.29, 0.717) is 5.56 Å². The van der Waals surface area contributed by atoms with Crippen LogP contribution < -0.4 is 5.32 Å². The van der Waals surface area contributed by atoms with E-state index in [-0.39, 0.29) is 11.3 Å². The number of thiol groups is 1. The van der Waals surface area contributed by atoms with Gasteiger partial charge >= 0.3 is 0 Å². The van der Waals surface area contributed by atoms with Gasteiger partial charge in [0.25, 0.3) is 5.91 Å². The maximum Gasteiger partial charge on any atom is 0.251 e. The summed E-state index contributed by atoms with van der Waals surface area (Å²) in [5.41, 5.74) is 1.00. The number of carbonyl (C=O) groups excluding carboxylic acids is 1. The zero-order valence-electron chi connectivity index (χ0n) is 10.9. The van der Waals surface area contributed by atoms with E-state index in [2.05, 4.69) is 24.9 Å². The van der Waals surface area contributed by atoms with Crippen molar-refractivity contribution in [2.75, 3.05) is 6.54 Å². The molecule has 3 heteroatoms. The molecule has 98 valence electrons. The number of hydrogen-bond acceptors (Lipinski definition) is 2. The fourth-order valence-corrected chi connectivity index (χ4v) is 2.74. The van der Waals surface area contributed by atoms with Crippen LogP contribution in [-0.2, 0) is 0 Å². The second-order valence-corrected chi connectivity index (χ2v) is 6.12. The van der Waals surface area contributed by atoms with Crippen LogP contribution in [0.15, 0.2) is 29.2 Å². The molecule has 1 aromatic carbocycles. The van der Waals surface area contributed by atoms with Crippen LogP contribution in [0.25, 0.3) is 0 Å². The van der Waals surface area contributed by atoms with Crippen molar-refractivity contribution in [2.24, 2.45) is 5.41 Å². The van der Waals surface area contributed by atoms with Gasteiger partial charge in [0.2, 0.25) is 0 Å². The van der Waals surface area contributed by atoms with Crippen molar-refractivity contribution in [3.63, 3.8) is 0 Å². The first kappa shape index (κ1) is 13.5. The van der Waals surface area contributed by atoms with Crippen LogP contribution in [0.3, 0.4) is 0 Å². The summed E-state index contributed by atoms with van der Waals surface area (Å²) in [7, 11) is 0. The summed E-state index contributed by atoms with van der Waals surface area (Å²) in [6, 6.07) is 7.34. The standard InChI is InChI=1S/C15H21NOS/c1-15(9-3-2-4-10-15)11-16-14(17)12-5-7-13(18)8-6-12/h5-8,18H,2-4,9-11H2,1H3,(H,16,17). The minimum Gasteiger partial charge on any atom is -0.351 e. The second-order valence-electron chi connectivity index (χ2n) is 5.60. The number of carbonyl (C=O) groups is 1. The van der Waals surface area contributed by atoms with Crippen LogP contribution in [0, 0.1) is 5.41 Å². The SMILES string of the molecule is CC1(CNC(=O)c2ccc(S)cc2)CCCCC1. The number of amides is 1. The van der Waals surface area contributed by atoms with E-state index < -0.39 is 0 Å². The molecule has 0 aliphatic heterocycles. The van der Waals surface area contributed by atoms with E-state index in [1.807, 2.05) is 24.3 Å². The van der Waals surface area contributed by atoms with E-state index in [4.69, 9.17) is 0 Å². The lowest BCUT2D eigenvalue weighted by molar-refractivity contribution is 0.0919. The normalized spacial score (nSPS) is 18.3. The molecule has 2 nitrogen and oxygen atoms in total. The molecule has 1 N–H and O–H groups in total. The van der Waals surface area contributed by atoms with Crippen molar-refractivity contribution < 1.29 is 4.79 Å². The lowest BCUT2D eigenvalue weighted by Gasteiger charge is -2.33. The lowest BCUT2D eigenvalue weighted by Crippen LogP contribution is -2.36. The van der Waals surface area contributed by atoms with Gasteiger partial charge in [-0.15, -0.1) is 12.6 Å². The van der Waals surface area contributed by atoms with Crippen molar-refractivity contribution in [2.45, 2.75) is 43.9 Å². The van der Waals surface area contributed by atoms with Crippen LogP contribution in [0.1, 0.15) is 49.4 Å². The molecule has 0 heterocycles. The Bertz CT molecular complexity index is 407. The van der Waals surface area contributed by atoms with Gasteiger partial charge in [-0.05, 0) is 42.5 Å². The molecule has 1 aromatic rings. The molecule has 0 aromatic heterocycles. The van der Waals surface area contributed by atoms with Crippen LogP contribution in [0.5, 0.6) is 0 Å². The highest BCUT2D eigenvalue weighted by Crippen LogP contribution is 2.34. The van der Waals surface area contributed by atoms with E-state index in [1.54, 1.807) is 0 Å². The number of rotatable bonds is 3. The van der Waals surface area contributed by atoms with Gasteiger partial charge in [-0.3, -0.25) is 4.79 Å². The van der Waals surface area contributed by atoms with Crippen LogP contribution >= 0.6 is 12.6 Å². The molecule has 1 aliphatic carbocycles. The fraction of sp³-hybridized carbons (Fsp3) is 0.533. The van der Waals surface area contributed by atoms with Crippen molar-refractivity contribution in [3.8, 4) is 0 Å². The third-order valence-corrected chi connectivity index (χ3v) is 4.16. The maximum atomic E-state index is 12.0. The number of nitrogens with one attached hydrogen (secondary N) is 1. The molecule has 18 heavy (non-hydrogen) atoms. The monoisotopic (exact) mass is 263 g/mol. The van der Waals surface area contributed by atoms with E-state index >= 15 is 0 Å². The molecular weight excluding hydrogens is 242 g/mol. The van der Waals surface area contributed by atoms with E-state index in [1.165, 1.54) is 32.1 Å². The summed E-state index contributed by atoms with van der Waals surface area (Å²) in [5, 5.41) is 3.06. The van der Waals surface area contributed by atoms with Crippen molar-refractivity contribution in [3.05, 3.63) is 29.8 Å². The maximum absolute atomic E-state index is 12.0. The average molecular weight is 263 g/mol. The molecule has 0 bridgehead atoms. The van der Waals surface area contributed by atoms with Gasteiger partial charge in [-0.25, -0.2) is 0 Å². The Labute approximate surface area is 115 Å². The molecule has 0 unspecified atom stereocenters. The second kappa shape index (κ2) is 5.79. The van der Waals surface area contributed by atoms with Crippen molar-refractivity contribution in [1.29, 1.82) is 0 Å². The summed E-state index contributed by atoms with van der Waals surface area (Å²) in [4.78, 5) is 12.9. The molecule has 2 rings (SSSR count). The highest BCUT2D eigenvalue weighted by atomic mass is 32.1. The van der Waals surface area contributed by atoms with Gasteiger partial charge in [0.05, 0.1) is 0 Å². The van der Waals surface area contributed by atoms with Gasteiger partial charge in [0, 0.05) is 17.0 Å². The first-order chi connectivity index (χ1) is 8.59. The molecule has 1 saturated carbocycles. The van der Waals surface area contributed by atoms with Gasteiger partial charge in [0.15, 0.2) is 0 Å². The van der Waals surface area contributed by atoms with Crippen molar-refractivity contribution in [1.82, 2.24) is 5.32 Å². The average Bonchev–Trinajstić information content (AvgIpc) is 2.38. The number of benzene rings is 1. The van der Waals surface area contributed by atoms with E-state index in [0.717, 1.165) is 11.4 Å². The minimum atomic E-state index is 0.0233. The Morgan fingerprint density at radius 2 is 1.83 bits per heavy atom. The Balaban J connectivity index is 1.89. The topological polar surface area (TPSA) is 29.1 Å². The van der Waals surface area contributed by atoms with E-state index in [9.17, 15) is 4.79 Å². The number of hydrogen-bond donors (Lipinski definition) is 2. The van der Waals surface area contributed by atoms with Gasteiger partial charge in [-0.1, -0.05) is 26.2 Å². The minimum absolute atomic E-state index is 0.0233. The quantitative estimate of drug-likeness (QED) is 0.800. The Kier molecular flexibility index (Phi) is 4.33. The third-order valence-electron chi connectivity index (χ3n) is 3.87. The predicted octanol–water partition coefficient (Wildman–Crippen LogP) is 3.68. The fourth-order valence-electron chi connectivity index (χ4n) is 2.59. The van der Waals surface area contributed by atoms with Crippen LogP contribution in [-0.4, -0.2) is 12.5 Å². The Morgan fingerprint density at radius 3 is 2.44 bits per heavy atom. The zero-order chi connectivity index (χ0) is 13.0. The summed E-state index contributed by atoms with van der Waals surface area (Å²) in [6.07, 6.45) is 6.38. The molecule has 1 amide bonds. The molecule has 0 saturated heterocycles. The molecule has 1 fully saturated rings. The molecule has 0 spiro atoms. The highest BCUT2D eigenvalue weighted by molar-refractivity contribution is 7.80. The Morgan fingerprint density at radius 1 is 1.22 bits per heavy atom. The smallest absolute Gasteiger partial charge is 0.251 e. The predicted molar refractivity (Wildman–Crippen MR) is 77.2 cm³/mol.